The van der Waals surface area contributed by atoms with E-state index in [2.05, 4.69) is 9.84 Å². The summed E-state index contributed by atoms with van der Waals surface area (Å²) in [5.74, 6) is -0.764. The highest BCUT2D eigenvalue weighted by atomic mass is 16.5. The monoisotopic (exact) mass is 196 g/mol. The van der Waals surface area contributed by atoms with Crippen molar-refractivity contribution in [3.63, 3.8) is 0 Å². The highest BCUT2D eigenvalue weighted by Crippen LogP contribution is 2.07. The molecular weight excluding hydrogens is 184 g/mol. The number of hydrogen-bond donors (Lipinski definition) is 1. The van der Waals surface area contributed by atoms with Gasteiger partial charge in [0.2, 0.25) is 0 Å². The van der Waals surface area contributed by atoms with Gasteiger partial charge in [0.25, 0.3) is 0 Å². The maximum absolute atomic E-state index is 10.9. The number of esters is 1. The van der Waals surface area contributed by atoms with E-state index in [0.717, 1.165) is 6.08 Å². The zero-order valence-electron chi connectivity index (χ0n) is 8.10. The minimum absolute atomic E-state index is 0.191. The highest BCUT2D eigenvalue weighted by molar-refractivity contribution is 5.88. The van der Waals surface area contributed by atoms with Crippen LogP contribution >= 0.6 is 0 Å². The molecular formula is C9H12N2O3. The van der Waals surface area contributed by atoms with Crippen LogP contribution in [0.1, 0.15) is 12.6 Å². The summed E-state index contributed by atoms with van der Waals surface area (Å²) < 4.78 is 6.16. The van der Waals surface area contributed by atoms with E-state index in [1.807, 2.05) is 0 Å². The van der Waals surface area contributed by atoms with Gasteiger partial charge in [-0.05, 0) is 13.0 Å². The highest BCUT2D eigenvalue weighted by Gasteiger charge is 2.05. The van der Waals surface area contributed by atoms with Gasteiger partial charge in [0.05, 0.1) is 12.7 Å². The molecule has 0 saturated heterocycles. The van der Waals surface area contributed by atoms with Crippen LogP contribution in [0.15, 0.2) is 18.3 Å². The molecule has 0 fully saturated rings. The van der Waals surface area contributed by atoms with Crippen molar-refractivity contribution >= 4 is 11.7 Å². The molecule has 5 nitrogen and oxygen atoms in total. The van der Waals surface area contributed by atoms with E-state index in [4.69, 9.17) is 0 Å². The first-order valence-corrected chi connectivity index (χ1v) is 4.21. The lowest BCUT2D eigenvalue weighted by atomic mass is 10.3. The maximum Gasteiger partial charge on any atom is 0.334 e. The van der Waals surface area contributed by atoms with Crippen molar-refractivity contribution in [1.29, 1.82) is 0 Å². The molecule has 0 radical (unpaired) electrons. The second-order valence-corrected chi connectivity index (χ2v) is 2.66. The average molecular weight is 196 g/mol. The van der Waals surface area contributed by atoms with Crippen molar-refractivity contribution in [1.82, 2.24) is 9.78 Å². The van der Waals surface area contributed by atoms with Gasteiger partial charge in [-0.3, -0.25) is 4.68 Å². The predicted octanol–water partition coefficient (Wildman–Crippen LogP) is 0.882. The predicted molar refractivity (Wildman–Crippen MR) is 50.4 cm³/mol. The summed E-state index contributed by atoms with van der Waals surface area (Å²) in [6.45, 7) is 1.98. The molecule has 1 aromatic rings. The van der Waals surface area contributed by atoms with Crippen LogP contribution in [0.2, 0.25) is 0 Å². The molecule has 14 heavy (non-hydrogen) atoms. The first-order valence-electron chi connectivity index (χ1n) is 4.21. The average Bonchev–Trinajstić information content (AvgIpc) is 2.52. The molecule has 0 amide bonds. The van der Waals surface area contributed by atoms with Crippen molar-refractivity contribution in [3.8, 4) is 0 Å². The van der Waals surface area contributed by atoms with E-state index < -0.39 is 5.97 Å². The Bertz CT molecular complexity index is 355. The standard InChI is InChI=1S/C9H12N2O3/c1-3-14-9(13)6-8(12)7-4-5-11(2)10-7/h4-6,12H,3H2,1-2H3. The Hall–Kier alpha value is -1.78. The summed E-state index contributed by atoms with van der Waals surface area (Å²) in [5.41, 5.74) is 0.348. The number of nitrogens with zero attached hydrogens (tertiary/aromatic N) is 2. The lowest BCUT2D eigenvalue weighted by molar-refractivity contribution is -0.137. The van der Waals surface area contributed by atoms with E-state index in [0.29, 0.717) is 5.69 Å². The summed E-state index contributed by atoms with van der Waals surface area (Å²) in [5, 5.41) is 13.3. The smallest absolute Gasteiger partial charge is 0.334 e. The number of rotatable bonds is 3. The molecule has 76 valence electrons. The van der Waals surface area contributed by atoms with Gasteiger partial charge >= 0.3 is 5.97 Å². The molecule has 1 rings (SSSR count). The van der Waals surface area contributed by atoms with Crippen molar-refractivity contribution in [3.05, 3.63) is 24.0 Å². The topological polar surface area (TPSA) is 64.3 Å². The van der Waals surface area contributed by atoms with E-state index in [9.17, 15) is 9.90 Å². The van der Waals surface area contributed by atoms with Gasteiger partial charge in [0, 0.05) is 13.2 Å². The van der Waals surface area contributed by atoms with Crippen molar-refractivity contribution < 1.29 is 14.6 Å². The zero-order chi connectivity index (χ0) is 10.6. The van der Waals surface area contributed by atoms with Crippen LogP contribution in [0.5, 0.6) is 0 Å². The Morgan fingerprint density at radius 1 is 1.79 bits per heavy atom. The second kappa shape index (κ2) is 4.45. The zero-order valence-corrected chi connectivity index (χ0v) is 8.10. The number of aliphatic hydroxyl groups is 1. The Labute approximate surface area is 81.6 Å². The van der Waals surface area contributed by atoms with Gasteiger partial charge in [0.15, 0.2) is 0 Å². The van der Waals surface area contributed by atoms with Crippen molar-refractivity contribution in [2.45, 2.75) is 6.92 Å². The van der Waals surface area contributed by atoms with E-state index >= 15 is 0 Å². The maximum atomic E-state index is 10.9. The van der Waals surface area contributed by atoms with Crippen LogP contribution in [0.25, 0.3) is 5.76 Å². The molecule has 0 bridgehead atoms. The van der Waals surface area contributed by atoms with Crippen molar-refractivity contribution in [2.75, 3.05) is 6.61 Å². The largest absolute Gasteiger partial charge is 0.505 e. The van der Waals surface area contributed by atoms with E-state index in [1.54, 1.807) is 26.2 Å². The number of aliphatic hydroxyl groups excluding tert-OH is 1. The third-order valence-corrected chi connectivity index (χ3v) is 1.52. The Morgan fingerprint density at radius 3 is 3.00 bits per heavy atom. The Morgan fingerprint density at radius 2 is 2.50 bits per heavy atom. The van der Waals surface area contributed by atoms with Crippen LogP contribution in [-0.2, 0) is 16.6 Å². The second-order valence-electron chi connectivity index (χ2n) is 2.66. The van der Waals surface area contributed by atoms with E-state index in [1.165, 1.54) is 4.68 Å². The number of aromatic nitrogens is 2. The number of carbonyl (C=O) groups excluding carboxylic acids is 1. The molecule has 0 aliphatic rings. The van der Waals surface area contributed by atoms with Gasteiger partial charge in [-0.1, -0.05) is 0 Å². The van der Waals surface area contributed by atoms with Gasteiger partial charge in [-0.15, -0.1) is 0 Å². The van der Waals surface area contributed by atoms with Gasteiger partial charge in [-0.25, -0.2) is 4.79 Å². The van der Waals surface area contributed by atoms with Gasteiger partial charge < -0.3 is 9.84 Å². The number of carbonyl (C=O) groups is 1. The fraction of sp³-hybridized carbons (Fsp3) is 0.333. The Kier molecular flexibility index (Phi) is 3.28. The Balaban J connectivity index is 2.74. The molecule has 0 unspecified atom stereocenters. The molecule has 5 heteroatoms. The molecule has 1 aromatic heterocycles. The van der Waals surface area contributed by atoms with Crippen LogP contribution in [0, 0.1) is 0 Å². The van der Waals surface area contributed by atoms with Crippen LogP contribution in [-0.4, -0.2) is 27.5 Å². The third-order valence-electron chi connectivity index (χ3n) is 1.52. The quantitative estimate of drug-likeness (QED) is 0.443. The molecule has 1 heterocycles. The molecule has 0 spiro atoms. The summed E-state index contributed by atoms with van der Waals surface area (Å²) in [7, 11) is 1.72. The van der Waals surface area contributed by atoms with Crippen LogP contribution in [0.4, 0.5) is 0 Å². The lowest BCUT2D eigenvalue weighted by Crippen LogP contribution is -2.01. The van der Waals surface area contributed by atoms with Gasteiger partial charge in [-0.2, -0.15) is 5.10 Å². The van der Waals surface area contributed by atoms with Crippen molar-refractivity contribution in [2.24, 2.45) is 7.05 Å². The molecule has 0 aliphatic heterocycles. The first kappa shape index (κ1) is 10.3. The fourth-order valence-corrected chi connectivity index (χ4v) is 0.921. The summed E-state index contributed by atoms with van der Waals surface area (Å²) in [6, 6.07) is 1.60. The van der Waals surface area contributed by atoms with Gasteiger partial charge in [0.1, 0.15) is 11.5 Å². The number of ether oxygens (including phenoxy) is 1. The van der Waals surface area contributed by atoms with Crippen LogP contribution < -0.4 is 0 Å². The number of hydrogen-bond acceptors (Lipinski definition) is 4. The number of aryl methyl sites for hydroxylation is 1. The summed E-state index contributed by atoms with van der Waals surface area (Å²) in [4.78, 5) is 10.9. The van der Waals surface area contributed by atoms with Crippen LogP contribution in [0.3, 0.4) is 0 Å². The molecule has 0 aliphatic carbocycles. The molecule has 0 aromatic carbocycles. The lowest BCUT2D eigenvalue weighted by Gasteiger charge is -1.96. The normalized spacial score (nSPS) is 11.4. The SMILES string of the molecule is CCOC(=O)C=C(O)c1ccn(C)n1. The minimum Gasteiger partial charge on any atom is -0.505 e. The molecule has 0 saturated carbocycles. The summed E-state index contributed by atoms with van der Waals surface area (Å²) in [6.07, 6.45) is 2.68. The fourth-order valence-electron chi connectivity index (χ4n) is 0.921. The minimum atomic E-state index is -0.573. The van der Waals surface area contributed by atoms with E-state index in [-0.39, 0.29) is 12.4 Å². The third kappa shape index (κ3) is 2.62. The first-order chi connectivity index (χ1) is 6.63. The summed E-state index contributed by atoms with van der Waals surface area (Å²) >= 11 is 0. The molecule has 0 atom stereocenters. The molecule has 1 N–H and O–H groups in total.